The van der Waals surface area contributed by atoms with E-state index >= 15 is 0 Å². The van der Waals surface area contributed by atoms with Gasteiger partial charge in [-0.25, -0.2) is 24.1 Å². The van der Waals surface area contributed by atoms with Crippen LogP contribution in [-0.2, 0) is 11.3 Å². The predicted octanol–water partition coefficient (Wildman–Crippen LogP) is 4.27. The fourth-order valence-electron chi connectivity index (χ4n) is 5.19. The monoisotopic (exact) mass is 597 g/mol. The number of piperidine rings is 1. The summed E-state index contributed by atoms with van der Waals surface area (Å²) in [5.41, 5.74) is 2.01. The standard InChI is InChI=1S/C29H33ClFN7O4/c1-19(39)32-15-20-2-4-36(5-3-20)18-21-10-26(22-12-23(30)14-24(31)13-22)35-27(11-21)42-25-16-33-28(34-17-25)37-6-8-38(9-7-37)29(40)41/h10-14,16-17,20H,2-9,15,18H2,1H3,(H,32,39)(H,40,41). The van der Waals surface area contributed by atoms with E-state index in [9.17, 15) is 14.0 Å². The number of carbonyl (C=O) groups is 2. The van der Waals surface area contributed by atoms with Crippen LogP contribution in [0.25, 0.3) is 11.3 Å². The first-order valence-corrected chi connectivity index (χ1v) is 14.3. The number of rotatable bonds is 8. The highest BCUT2D eigenvalue weighted by atomic mass is 35.5. The van der Waals surface area contributed by atoms with Crippen LogP contribution < -0.4 is 15.0 Å². The molecular weight excluding hydrogens is 565 g/mol. The van der Waals surface area contributed by atoms with Crippen molar-refractivity contribution in [3.63, 3.8) is 0 Å². The quantitative estimate of drug-likeness (QED) is 0.392. The molecule has 2 aliphatic rings. The predicted molar refractivity (Wildman–Crippen MR) is 155 cm³/mol. The van der Waals surface area contributed by atoms with Crippen molar-refractivity contribution < 1.29 is 23.8 Å². The Balaban J connectivity index is 1.31. The largest absolute Gasteiger partial charge is 0.465 e. The summed E-state index contributed by atoms with van der Waals surface area (Å²) in [5.74, 6) is 1.18. The maximum absolute atomic E-state index is 14.2. The Bertz CT molecular complexity index is 1390. The molecule has 1 aromatic carbocycles. The first kappa shape index (κ1) is 29.5. The van der Waals surface area contributed by atoms with Gasteiger partial charge in [0.2, 0.25) is 17.7 Å². The Hall–Kier alpha value is -4.03. The van der Waals surface area contributed by atoms with E-state index in [-0.39, 0.29) is 10.9 Å². The highest BCUT2D eigenvalue weighted by Gasteiger charge is 2.23. The molecule has 4 heterocycles. The van der Waals surface area contributed by atoms with Gasteiger partial charge in [-0.05, 0) is 61.7 Å². The molecule has 13 heteroatoms. The Kier molecular flexibility index (Phi) is 9.33. The molecule has 3 aromatic rings. The summed E-state index contributed by atoms with van der Waals surface area (Å²) in [6.45, 7) is 6.42. The molecule has 0 atom stereocenters. The molecule has 42 heavy (non-hydrogen) atoms. The van der Waals surface area contributed by atoms with E-state index in [1.807, 2.05) is 17.0 Å². The second-order valence-corrected chi connectivity index (χ2v) is 11.0. The number of hydrogen-bond donors (Lipinski definition) is 2. The van der Waals surface area contributed by atoms with Crippen molar-refractivity contribution in [2.75, 3.05) is 50.7 Å². The third kappa shape index (κ3) is 7.83. The van der Waals surface area contributed by atoms with Gasteiger partial charge in [-0.15, -0.1) is 0 Å². The van der Waals surface area contributed by atoms with Gasteiger partial charge in [-0.2, -0.15) is 0 Å². The van der Waals surface area contributed by atoms with Gasteiger partial charge >= 0.3 is 6.09 Å². The highest BCUT2D eigenvalue weighted by Crippen LogP contribution is 2.29. The molecular formula is C29H33ClFN7O4. The smallest absolute Gasteiger partial charge is 0.407 e. The Morgan fingerprint density at radius 2 is 1.76 bits per heavy atom. The maximum atomic E-state index is 14.2. The normalized spacial score (nSPS) is 16.4. The van der Waals surface area contributed by atoms with Gasteiger partial charge in [0.25, 0.3) is 0 Å². The number of pyridine rings is 1. The third-order valence-corrected chi connectivity index (χ3v) is 7.66. The minimum atomic E-state index is -0.930. The number of hydrogen-bond acceptors (Lipinski definition) is 8. The van der Waals surface area contributed by atoms with Crippen molar-refractivity contribution in [1.29, 1.82) is 0 Å². The van der Waals surface area contributed by atoms with Gasteiger partial charge in [0, 0.05) is 62.8 Å². The molecule has 2 fully saturated rings. The van der Waals surface area contributed by atoms with Gasteiger partial charge in [0.15, 0.2) is 5.75 Å². The van der Waals surface area contributed by atoms with Crippen LogP contribution in [0.1, 0.15) is 25.3 Å². The Morgan fingerprint density at radius 3 is 2.40 bits per heavy atom. The minimum Gasteiger partial charge on any atom is -0.465 e. The molecule has 0 spiro atoms. The van der Waals surface area contributed by atoms with E-state index in [2.05, 4.69) is 25.2 Å². The lowest BCUT2D eigenvalue weighted by molar-refractivity contribution is -0.119. The first-order chi connectivity index (χ1) is 20.2. The number of benzene rings is 1. The average molecular weight is 598 g/mol. The number of nitrogens with one attached hydrogen (secondary N) is 1. The number of anilines is 1. The molecule has 0 bridgehead atoms. The highest BCUT2D eigenvalue weighted by molar-refractivity contribution is 6.30. The van der Waals surface area contributed by atoms with Gasteiger partial charge in [0.05, 0.1) is 18.1 Å². The third-order valence-electron chi connectivity index (χ3n) is 7.44. The average Bonchev–Trinajstić information content (AvgIpc) is 2.96. The van der Waals surface area contributed by atoms with Crippen LogP contribution in [0.2, 0.25) is 5.02 Å². The first-order valence-electron chi connectivity index (χ1n) is 13.9. The number of nitrogens with zero attached hydrogens (tertiary/aromatic N) is 6. The van der Waals surface area contributed by atoms with Crippen molar-refractivity contribution in [2.45, 2.75) is 26.3 Å². The van der Waals surface area contributed by atoms with Crippen molar-refractivity contribution in [3.8, 4) is 22.9 Å². The Labute approximate surface area is 248 Å². The minimum absolute atomic E-state index is 0.00894. The second-order valence-electron chi connectivity index (χ2n) is 10.6. The van der Waals surface area contributed by atoms with Crippen LogP contribution >= 0.6 is 11.6 Å². The number of ether oxygens (including phenoxy) is 1. The lowest BCUT2D eigenvalue weighted by Crippen LogP contribution is -2.48. The van der Waals surface area contributed by atoms with Gasteiger partial charge < -0.3 is 25.0 Å². The summed E-state index contributed by atoms with van der Waals surface area (Å²) in [4.78, 5) is 41.5. The molecule has 2 N–H and O–H groups in total. The number of likely N-dealkylation sites (tertiary alicyclic amines) is 1. The lowest BCUT2D eigenvalue weighted by atomic mass is 9.96. The summed E-state index contributed by atoms with van der Waals surface area (Å²) in [6, 6.07) is 8.07. The molecule has 0 unspecified atom stereocenters. The number of piperazine rings is 1. The van der Waals surface area contributed by atoms with Gasteiger partial charge in [-0.3, -0.25) is 9.69 Å². The fourth-order valence-corrected chi connectivity index (χ4v) is 5.41. The molecule has 0 aliphatic carbocycles. The van der Waals surface area contributed by atoms with E-state index in [1.54, 1.807) is 18.5 Å². The van der Waals surface area contributed by atoms with E-state index in [0.29, 0.717) is 74.0 Å². The number of carbonyl (C=O) groups excluding carboxylic acids is 1. The molecule has 0 radical (unpaired) electrons. The van der Waals surface area contributed by atoms with Crippen LogP contribution in [-0.4, -0.2) is 87.7 Å². The van der Waals surface area contributed by atoms with E-state index in [4.69, 9.17) is 21.4 Å². The number of halogens is 2. The number of amides is 2. The summed E-state index contributed by atoms with van der Waals surface area (Å²) in [5, 5.41) is 12.3. The van der Waals surface area contributed by atoms with E-state index < -0.39 is 11.9 Å². The van der Waals surface area contributed by atoms with Crippen molar-refractivity contribution in [3.05, 3.63) is 59.1 Å². The summed E-state index contributed by atoms with van der Waals surface area (Å²) >= 11 is 6.14. The van der Waals surface area contributed by atoms with E-state index in [1.165, 1.54) is 24.0 Å². The van der Waals surface area contributed by atoms with Crippen molar-refractivity contribution in [2.24, 2.45) is 5.92 Å². The lowest BCUT2D eigenvalue weighted by Gasteiger charge is -2.32. The van der Waals surface area contributed by atoms with Gasteiger partial charge in [-0.1, -0.05) is 11.6 Å². The van der Waals surface area contributed by atoms with Crippen LogP contribution in [0.5, 0.6) is 11.6 Å². The fraction of sp³-hybridized carbons (Fsp3) is 0.414. The molecule has 2 amide bonds. The van der Waals surface area contributed by atoms with E-state index in [0.717, 1.165) is 31.5 Å². The number of carboxylic acid groups (broad SMARTS) is 1. The molecule has 2 aromatic heterocycles. The molecule has 0 saturated carbocycles. The maximum Gasteiger partial charge on any atom is 0.407 e. The van der Waals surface area contributed by atoms with Crippen LogP contribution in [0.15, 0.2) is 42.7 Å². The van der Waals surface area contributed by atoms with Crippen LogP contribution in [0.3, 0.4) is 0 Å². The Morgan fingerprint density at radius 1 is 1.05 bits per heavy atom. The molecule has 2 aliphatic heterocycles. The van der Waals surface area contributed by atoms with Crippen molar-refractivity contribution in [1.82, 2.24) is 30.1 Å². The molecule has 11 nitrogen and oxygen atoms in total. The molecule has 2 saturated heterocycles. The zero-order chi connectivity index (χ0) is 29.6. The summed E-state index contributed by atoms with van der Waals surface area (Å²) in [7, 11) is 0. The second kappa shape index (κ2) is 13.3. The molecule has 5 rings (SSSR count). The SMILES string of the molecule is CC(=O)NCC1CCN(Cc2cc(Oc3cnc(N4CCN(C(=O)O)CC4)nc3)nc(-c3cc(F)cc(Cl)c3)c2)CC1. The van der Waals surface area contributed by atoms with Crippen LogP contribution in [0, 0.1) is 11.7 Å². The van der Waals surface area contributed by atoms with Crippen LogP contribution in [0.4, 0.5) is 15.1 Å². The summed E-state index contributed by atoms with van der Waals surface area (Å²) < 4.78 is 20.3. The van der Waals surface area contributed by atoms with Crippen molar-refractivity contribution >= 4 is 29.5 Å². The van der Waals surface area contributed by atoms with Gasteiger partial charge in [0.1, 0.15) is 5.82 Å². The zero-order valence-corrected chi connectivity index (χ0v) is 24.1. The summed E-state index contributed by atoms with van der Waals surface area (Å²) in [6.07, 6.45) is 4.14. The molecule has 222 valence electrons. The zero-order valence-electron chi connectivity index (χ0n) is 23.3. The topological polar surface area (TPSA) is 124 Å². The number of aromatic nitrogens is 3.